The lowest BCUT2D eigenvalue weighted by atomic mass is 10.1. The Hall–Kier alpha value is -2.24. The van der Waals surface area contributed by atoms with E-state index in [0.29, 0.717) is 23.6 Å². The molecule has 0 heterocycles. The Balaban J connectivity index is 1.59. The van der Waals surface area contributed by atoms with E-state index in [2.05, 4.69) is 5.32 Å². The van der Waals surface area contributed by atoms with Crippen molar-refractivity contribution in [3.8, 4) is 11.5 Å². The Morgan fingerprint density at radius 2 is 1.69 bits per heavy atom. The number of alkyl halides is 2. The molecule has 0 saturated heterocycles. The summed E-state index contributed by atoms with van der Waals surface area (Å²) in [5, 5.41) is 2.67. The predicted octanol–water partition coefficient (Wildman–Crippen LogP) is 4.54. The molecule has 5 nitrogen and oxygen atoms in total. The molecule has 2 aromatic rings. The number of halogens is 2. The van der Waals surface area contributed by atoms with Crippen LogP contribution in [-0.4, -0.2) is 22.8 Å². The molecular weight excluding hydrogens is 377 g/mol. The second-order valence-corrected chi connectivity index (χ2v) is 7.73. The highest BCUT2D eigenvalue weighted by molar-refractivity contribution is 6.53. The molecule has 7 heteroatoms. The van der Waals surface area contributed by atoms with Gasteiger partial charge < -0.3 is 14.8 Å². The number of hydrogen-bond donors (Lipinski definition) is 1. The summed E-state index contributed by atoms with van der Waals surface area (Å²) in [6, 6.07) is 16.2. The van der Waals surface area contributed by atoms with Crippen molar-refractivity contribution in [2.75, 3.05) is 11.9 Å². The Labute approximate surface area is 161 Å². The number of anilines is 1. The Bertz CT molecular complexity index is 825. The second kappa shape index (κ2) is 7.17. The lowest BCUT2D eigenvalue weighted by Gasteiger charge is -2.14. The first-order valence-electron chi connectivity index (χ1n) is 7.99. The van der Waals surface area contributed by atoms with Gasteiger partial charge in [0.25, 0.3) is 5.91 Å². The van der Waals surface area contributed by atoms with E-state index in [9.17, 15) is 9.59 Å². The molecule has 1 aliphatic rings. The summed E-state index contributed by atoms with van der Waals surface area (Å²) in [6.45, 7) is 1.17. The van der Waals surface area contributed by atoms with Crippen molar-refractivity contribution in [2.45, 2.75) is 17.7 Å². The second-order valence-electron chi connectivity index (χ2n) is 6.25. The maximum atomic E-state index is 12.1. The fraction of sp³-hybridized carbons (Fsp3) is 0.263. The van der Waals surface area contributed by atoms with E-state index in [4.69, 9.17) is 32.7 Å². The minimum atomic E-state index is -1.13. The van der Waals surface area contributed by atoms with Gasteiger partial charge in [-0.3, -0.25) is 9.59 Å². The lowest BCUT2D eigenvalue weighted by Crippen LogP contribution is -2.26. The summed E-state index contributed by atoms with van der Waals surface area (Å²) in [7, 11) is 0. The minimum Gasteiger partial charge on any atom is -0.455 e. The van der Waals surface area contributed by atoms with E-state index >= 15 is 0 Å². The molecule has 2 aromatic carbocycles. The van der Waals surface area contributed by atoms with Gasteiger partial charge in [0.1, 0.15) is 15.5 Å². The topological polar surface area (TPSA) is 64.6 Å². The normalized spacial score (nSPS) is 20.1. The fourth-order valence-corrected chi connectivity index (χ4v) is 3.06. The highest BCUT2D eigenvalue weighted by Gasteiger charge is 2.69. The third-order valence-corrected chi connectivity index (χ3v) is 5.28. The first-order valence-corrected chi connectivity index (χ1v) is 8.74. The van der Waals surface area contributed by atoms with Crippen LogP contribution in [0.15, 0.2) is 54.6 Å². The first-order chi connectivity index (χ1) is 12.3. The summed E-state index contributed by atoms with van der Waals surface area (Å²) < 4.78 is 9.68. The van der Waals surface area contributed by atoms with Gasteiger partial charge in [-0.1, -0.05) is 30.3 Å². The predicted molar refractivity (Wildman–Crippen MR) is 99.7 cm³/mol. The standard InChI is InChI=1S/C19H17Cl2NO4/c1-18(12-19(18,20)21)17(24)25-11-16(23)22-14-9-5-6-10-15(14)26-13-7-3-2-4-8-13/h2-10H,11-12H2,1H3,(H,22,23)/t18-/m0/s1. The number of nitrogens with one attached hydrogen (secondary N) is 1. The number of hydrogen-bond acceptors (Lipinski definition) is 4. The van der Waals surface area contributed by atoms with Gasteiger partial charge in [0.2, 0.25) is 0 Å². The summed E-state index contributed by atoms with van der Waals surface area (Å²) in [4.78, 5) is 24.1. The number of amides is 1. The minimum absolute atomic E-state index is 0.303. The number of para-hydroxylation sites is 3. The van der Waals surface area contributed by atoms with Gasteiger partial charge in [-0.15, -0.1) is 23.2 Å². The molecule has 0 aliphatic heterocycles. The molecule has 1 atom stereocenters. The number of ether oxygens (including phenoxy) is 2. The summed E-state index contributed by atoms with van der Waals surface area (Å²) >= 11 is 11.9. The average molecular weight is 394 g/mol. The van der Waals surface area contributed by atoms with E-state index in [1.807, 2.05) is 18.2 Å². The summed E-state index contributed by atoms with van der Waals surface area (Å²) in [5.74, 6) is 0.0452. The summed E-state index contributed by atoms with van der Waals surface area (Å²) in [5.41, 5.74) is -0.496. The van der Waals surface area contributed by atoms with Crippen molar-refractivity contribution in [3.05, 3.63) is 54.6 Å². The van der Waals surface area contributed by atoms with Crippen LogP contribution in [-0.2, 0) is 14.3 Å². The first kappa shape index (κ1) is 18.5. The lowest BCUT2D eigenvalue weighted by molar-refractivity contribution is -0.152. The molecular formula is C19H17Cl2NO4. The van der Waals surface area contributed by atoms with Gasteiger partial charge in [0, 0.05) is 6.42 Å². The smallest absolute Gasteiger partial charge is 0.315 e. The number of carbonyl (C=O) groups excluding carboxylic acids is 2. The molecule has 1 saturated carbocycles. The highest BCUT2D eigenvalue weighted by Crippen LogP contribution is 2.64. The van der Waals surface area contributed by atoms with Crippen LogP contribution < -0.4 is 10.1 Å². The Morgan fingerprint density at radius 1 is 1.08 bits per heavy atom. The summed E-state index contributed by atoms with van der Waals surface area (Å²) in [6.07, 6.45) is 0.303. The monoisotopic (exact) mass is 393 g/mol. The third kappa shape index (κ3) is 3.94. The molecule has 3 rings (SSSR count). The zero-order valence-corrected chi connectivity index (χ0v) is 15.5. The van der Waals surface area contributed by atoms with Crippen LogP contribution in [0, 0.1) is 5.41 Å². The number of rotatable bonds is 6. The van der Waals surface area contributed by atoms with Crippen LogP contribution in [0.2, 0.25) is 0 Å². The van der Waals surface area contributed by atoms with Crippen molar-refractivity contribution in [1.29, 1.82) is 0 Å². The maximum Gasteiger partial charge on any atom is 0.315 e. The van der Waals surface area contributed by atoms with Crippen molar-refractivity contribution in [1.82, 2.24) is 0 Å². The van der Waals surface area contributed by atoms with Crippen LogP contribution in [0.5, 0.6) is 11.5 Å². The third-order valence-electron chi connectivity index (χ3n) is 4.17. The van der Waals surface area contributed by atoms with E-state index < -0.39 is 28.2 Å². The van der Waals surface area contributed by atoms with Crippen molar-refractivity contribution in [2.24, 2.45) is 5.41 Å². The molecule has 1 aliphatic carbocycles. The zero-order chi connectivity index (χ0) is 18.8. The van der Waals surface area contributed by atoms with Crippen molar-refractivity contribution < 1.29 is 19.1 Å². The van der Waals surface area contributed by atoms with E-state index in [1.165, 1.54) is 0 Å². The van der Waals surface area contributed by atoms with Gasteiger partial charge >= 0.3 is 5.97 Å². The van der Waals surface area contributed by atoms with Gasteiger partial charge in [0.05, 0.1) is 5.69 Å². The Morgan fingerprint density at radius 3 is 2.35 bits per heavy atom. The largest absolute Gasteiger partial charge is 0.455 e. The molecule has 0 bridgehead atoms. The molecule has 26 heavy (non-hydrogen) atoms. The van der Waals surface area contributed by atoms with E-state index in [1.54, 1.807) is 43.3 Å². The molecule has 0 aromatic heterocycles. The van der Waals surface area contributed by atoms with Crippen LogP contribution in [0.1, 0.15) is 13.3 Å². The fourth-order valence-electron chi connectivity index (χ4n) is 2.37. The van der Waals surface area contributed by atoms with E-state index in [-0.39, 0.29) is 0 Å². The molecule has 1 N–H and O–H groups in total. The molecule has 0 spiro atoms. The average Bonchev–Trinajstić information content (AvgIpc) is 3.15. The highest BCUT2D eigenvalue weighted by atomic mass is 35.5. The molecule has 1 fully saturated rings. The Kier molecular flexibility index (Phi) is 5.12. The molecule has 0 radical (unpaired) electrons. The quantitative estimate of drug-likeness (QED) is 0.577. The molecule has 136 valence electrons. The molecule has 0 unspecified atom stereocenters. The van der Waals surface area contributed by atoms with Crippen LogP contribution in [0.4, 0.5) is 5.69 Å². The van der Waals surface area contributed by atoms with E-state index in [0.717, 1.165) is 0 Å². The van der Waals surface area contributed by atoms with Crippen molar-refractivity contribution >= 4 is 40.8 Å². The van der Waals surface area contributed by atoms with Gasteiger partial charge in [-0.25, -0.2) is 0 Å². The number of benzene rings is 2. The SMILES string of the molecule is C[C@@]1(C(=O)OCC(=O)Nc2ccccc2Oc2ccccc2)CC1(Cl)Cl. The number of esters is 1. The van der Waals surface area contributed by atoms with Gasteiger partial charge in [-0.05, 0) is 31.2 Å². The van der Waals surface area contributed by atoms with Crippen LogP contribution >= 0.6 is 23.2 Å². The number of carbonyl (C=O) groups is 2. The van der Waals surface area contributed by atoms with Gasteiger partial charge in [0.15, 0.2) is 12.4 Å². The van der Waals surface area contributed by atoms with Crippen LogP contribution in [0.25, 0.3) is 0 Å². The van der Waals surface area contributed by atoms with Gasteiger partial charge in [-0.2, -0.15) is 0 Å². The van der Waals surface area contributed by atoms with Crippen LogP contribution in [0.3, 0.4) is 0 Å². The maximum absolute atomic E-state index is 12.1. The zero-order valence-electron chi connectivity index (χ0n) is 14.0. The molecule has 1 amide bonds. The van der Waals surface area contributed by atoms with Crippen molar-refractivity contribution in [3.63, 3.8) is 0 Å².